The van der Waals surface area contributed by atoms with Crippen LogP contribution in [0.5, 0.6) is 0 Å². The monoisotopic (exact) mass is 380 g/mol. The van der Waals surface area contributed by atoms with Gasteiger partial charge in [-0.15, -0.1) is 11.3 Å². The lowest BCUT2D eigenvalue weighted by atomic mass is 9.94. The molecular weight excluding hydrogens is 364 g/mol. The van der Waals surface area contributed by atoms with Crippen molar-refractivity contribution < 1.29 is 9.59 Å². The molecule has 0 aliphatic rings. The number of carbonyl (C=O) groups excluding carboxylic acids is 2. The van der Waals surface area contributed by atoms with Crippen LogP contribution in [0, 0.1) is 0 Å². The largest absolute Gasteiger partial charge is 0.279 e. The third kappa shape index (κ3) is 4.42. The molecular formula is C16H17BrN2O2S. The zero-order valence-corrected chi connectivity index (χ0v) is 14.5. The van der Waals surface area contributed by atoms with Crippen molar-refractivity contribution in [2.24, 2.45) is 0 Å². The number of hydrazine groups is 1. The summed E-state index contributed by atoms with van der Waals surface area (Å²) < 4.78 is 0.872. The molecule has 2 N–H and O–H groups in total. The van der Waals surface area contributed by atoms with Crippen LogP contribution in [-0.2, 0) is 4.79 Å². The Labute approximate surface area is 142 Å². The highest BCUT2D eigenvalue weighted by Crippen LogP contribution is 2.22. The SMILES string of the molecule is CCC[C@H](C(=O)NNC(=O)c1ccc(Br)s1)c1ccccc1. The maximum absolute atomic E-state index is 12.3. The Kier molecular flexibility index (Phi) is 6.15. The average Bonchev–Trinajstić information content (AvgIpc) is 2.97. The van der Waals surface area contributed by atoms with Crippen molar-refractivity contribution in [1.29, 1.82) is 0 Å². The van der Waals surface area contributed by atoms with Crippen molar-refractivity contribution in [2.75, 3.05) is 0 Å². The van der Waals surface area contributed by atoms with Crippen LogP contribution in [0.1, 0.15) is 40.9 Å². The molecule has 1 heterocycles. The summed E-state index contributed by atoms with van der Waals surface area (Å²) in [7, 11) is 0. The van der Waals surface area contributed by atoms with E-state index in [2.05, 4.69) is 26.8 Å². The van der Waals surface area contributed by atoms with E-state index in [0.717, 1.165) is 22.2 Å². The Morgan fingerprint density at radius 2 is 1.86 bits per heavy atom. The lowest BCUT2D eigenvalue weighted by Crippen LogP contribution is -2.43. The van der Waals surface area contributed by atoms with E-state index in [0.29, 0.717) is 4.88 Å². The van der Waals surface area contributed by atoms with Crippen LogP contribution in [0.25, 0.3) is 0 Å². The zero-order chi connectivity index (χ0) is 15.9. The fraction of sp³-hybridized carbons (Fsp3) is 0.250. The molecule has 0 aliphatic heterocycles. The summed E-state index contributed by atoms with van der Waals surface area (Å²) in [5.41, 5.74) is 5.95. The summed E-state index contributed by atoms with van der Waals surface area (Å²) in [6.07, 6.45) is 1.62. The van der Waals surface area contributed by atoms with Crippen LogP contribution in [0.15, 0.2) is 46.3 Å². The molecule has 2 rings (SSSR count). The lowest BCUT2D eigenvalue weighted by molar-refractivity contribution is -0.123. The summed E-state index contributed by atoms with van der Waals surface area (Å²) in [6.45, 7) is 2.03. The lowest BCUT2D eigenvalue weighted by Gasteiger charge is -2.16. The van der Waals surface area contributed by atoms with Gasteiger partial charge in [0.15, 0.2) is 0 Å². The minimum atomic E-state index is -0.313. The summed E-state index contributed by atoms with van der Waals surface area (Å²) in [5.74, 6) is -0.772. The number of amides is 2. The highest BCUT2D eigenvalue weighted by atomic mass is 79.9. The molecule has 0 saturated heterocycles. The van der Waals surface area contributed by atoms with E-state index in [-0.39, 0.29) is 17.7 Å². The third-order valence-electron chi connectivity index (χ3n) is 3.19. The minimum Gasteiger partial charge on any atom is -0.273 e. The second kappa shape index (κ2) is 8.10. The fourth-order valence-electron chi connectivity index (χ4n) is 2.13. The first kappa shape index (κ1) is 16.7. The van der Waals surface area contributed by atoms with Crippen LogP contribution in [0.3, 0.4) is 0 Å². The Hall–Kier alpha value is -1.66. The van der Waals surface area contributed by atoms with E-state index >= 15 is 0 Å². The number of benzene rings is 1. The van der Waals surface area contributed by atoms with Crippen molar-refractivity contribution in [1.82, 2.24) is 10.9 Å². The zero-order valence-electron chi connectivity index (χ0n) is 12.1. The van der Waals surface area contributed by atoms with Gasteiger partial charge in [0.2, 0.25) is 5.91 Å². The van der Waals surface area contributed by atoms with E-state index in [9.17, 15) is 9.59 Å². The molecule has 0 saturated carbocycles. The Morgan fingerprint density at radius 3 is 2.45 bits per heavy atom. The highest BCUT2D eigenvalue weighted by Gasteiger charge is 2.20. The van der Waals surface area contributed by atoms with Gasteiger partial charge in [-0.2, -0.15) is 0 Å². The Morgan fingerprint density at radius 1 is 1.14 bits per heavy atom. The predicted octanol–water partition coefficient (Wildman–Crippen LogP) is 3.86. The maximum Gasteiger partial charge on any atom is 0.279 e. The molecule has 0 unspecified atom stereocenters. The van der Waals surface area contributed by atoms with Crippen LogP contribution in [0.2, 0.25) is 0 Å². The third-order valence-corrected chi connectivity index (χ3v) is 4.81. The van der Waals surface area contributed by atoms with Crippen LogP contribution >= 0.6 is 27.3 Å². The first-order chi connectivity index (χ1) is 10.6. The maximum atomic E-state index is 12.3. The quantitative estimate of drug-likeness (QED) is 0.773. The van der Waals surface area contributed by atoms with Gasteiger partial charge < -0.3 is 0 Å². The molecule has 0 bridgehead atoms. The fourth-order valence-corrected chi connectivity index (χ4v) is 3.41. The number of hydrogen-bond donors (Lipinski definition) is 2. The van der Waals surface area contributed by atoms with E-state index in [1.54, 1.807) is 12.1 Å². The molecule has 2 amide bonds. The molecule has 0 fully saturated rings. The van der Waals surface area contributed by atoms with Crippen molar-refractivity contribution >= 4 is 39.1 Å². The van der Waals surface area contributed by atoms with Crippen LogP contribution in [-0.4, -0.2) is 11.8 Å². The average molecular weight is 381 g/mol. The molecule has 22 heavy (non-hydrogen) atoms. The standard InChI is InChI=1S/C16H17BrN2O2S/c1-2-6-12(11-7-4-3-5-8-11)15(20)18-19-16(21)13-9-10-14(17)22-13/h3-5,7-10,12H,2,6H2,1H3,(H,18,20)(H,19,21)/t12-/m0/s1. The first-order valence-corrected chi connectivity index (χ1v) is 8.63. The van der Waals surface area contributed by atoms with Crippen LogP contribution < -0.4 is 10.9 Å². The number of nitrogens with one attached hydrogen (secondary N) is 2. The number of carbonyl (C=O) groups is 2. The Bertz CT molecular complexity index is 643. The van der Waals surface area contributed by atoms with Gasteiger partial charge in [-0.05, 0) is 40.0 Å². The first-order valence-electron chi connectivity index (χ1n) is 7.02. The van der Waals surface area contributed by atoms with Gasteiger partial charge in [0.25, 0.3) is 5.91 Å². The van der Waals surface area contributed by atoms with Gasteiger partial charge in [-0.3, -0.25) is 20.4 Å². The highest BCUT2D eigenvalue weighted by molar-refractivity contribution is 9.11. The number of halogens is 1. The summed E-state index contributed by atoms with van der Waals surface area (Å²) in [5, 5.41) is 0. The van der Waals surface area contributed by atoms with E-state index in [4.69, 9.17) is 0 Å². The Balaban J connectivity index is 1.98. The van der Waals surface area contributed by atoms with E-state index < -0.39 is 0 Å². The second-order valence-electron chi connectivity index (χ2n) is 4.80. The number of thiophene rings is 1. The van der Waals surface area contributed by atoms with Gasteiger partial charge in [0.05, 0.1) is 14.6 Å². The van der Waals surface area contributed by atoms with Gasteiger partial charge in [0, 0.05) is 0 Å². The molecule has 0 spiro atoms. The molecule has 6 heteroatoms. The second-order valence-corrected chi connectivity index (χ2v) is 7.26. The molecule has 1 atom stereocenters. The molecule has 2 aromatic rings. The van der Waals surface area contributed by atoms with Gasteiger partial charge >= 0.3 is 0 Å². The summed E-state index contributed by atoms with van der Waals surface area (Å²) in [4.78, 5) is 24.8. The molecule has 0 radical (unpaired) electrons. The summed E-state index contributed by atoms with van der Waals surface area (Å²) in [6, 6.07) is 13.1. The summed E-state index contributed by atoms with van der Waals surface area (Å²) >= 11 is 4.62. The molecule has 1 aromatic heterocycles. The minimum absolute atomic E-state index is 0.197. The smallest absolute Gasteiger partial charge is 0.273 e. The number of rotatable bonds is 5. The predicted molar refractivity (Wildman–Crippen MR) is 91.7 cm³/mol. The van der Waals surface area contributed by atoms with E-state index in [1.165, 1.54) is 11.3 Å². The van der Waals surface area contributed by atoms with Crippen LogP contribution in [0.4, 0.5) is 0 Å². The molecule has 0 aliphatic carbocycles. The van der Waals surface area contributed by atoms with Gasteiger partial charge in [-0.25, -0.2) is 0 Å². The normalized spacial score (nSPS) is 11.7. The topological polar surface area (TPSA) is 58.2 Å². The molecule has 116 valence electrons. The van der Waals surface area contributed by atoms with Crippen molar-refractivity contribution in [2.45, 2.75) is 25.7 Å². The number of hydrogen-bond acceptors (Lipinski definition) is 3. The van der Waals surface area contributed by atoms with Crippen molar-refractivity contribution in [3.63, 3.8) is 0 Å². The van der Waals surface area contributed by atoms with Gasteiger partial charge in [0.1, 0.15) is 0 Å². The molecule has 1 aromatic carbocycles. The van der Waals surface area contributed by atoms with Crippen molar-refractivity contribution in [3.8, 4) is 0 Å². The van der Waals surface area contributed by atoms with Crippen molar-refractivity contribution in [3.05, 3.63) is 56.7 Å². The van der Waals surface area contributed by atoms with E-state index in [1.807, 2.05) is 37.3 Å². The molecule has 4 nitrogen and oxygen atoms in total. The van der Waals surface area contributed by atoms with Gasteiger partial charge in [-0.1, -0.05) is 43.7 Å².